The number of methoxy groups -OCH3 is 1. The monoisotopic (exact) mass is 314 g/mol. The maximum absolute atomic E-state index is 5.94. The second-order valence-electron chi connectivity index (χ2n) is 5.33. The molecule has 0 fully saturated rings. The second-order valence-corrected chi connectivity index (χ2v) is 5.33. The Kier molecular flexibility index (Phi) is 5.41. The maximum atomic E-state index is 5.94. The number of aryl methyl sites for hydroxylation is 1. The summed E-state index contributed by atoms with van der Waals surface area (Å²) in [5.41, 5.74) is 9.44. The number of pyridine rings is 1. The van der Waals surface area contributed by atoms with Crippen molar-refractivity contribution >= 4 is 11.5 Å². The van der Waals surface area contributed by atoms with E-state index in [1.165, 1.54) is 0 Å². The fourth-order valence-electron chi connectivity index (χ4n) is 2.05. The molecular weight excluding hydrogens is 292 g/mol. The SMILES string of the molecule is COc1cc(C)nc(CON=C(N)c2ccc(N(C)C)cc2)c1. The van der Waals surface area contributed by atoms with E-state index in [9.17, 15) is 0 Å². The lowest BCUT2D eigenvalue weighted by Gasteiger charge is -2.12. The van der Waals surface area contributed by atoms with E-state index in [0.29, 0.717) is 5.84 Å². The summed E-state index contributed by atoms with van der Waals surface area (Å²) < 4.78 is 5.20. The average molecular weight is 314 g/mol. The molecule has 0 unspecified atom stereocenters. The zero-order valence-corrected chi connectivity index (χ0v) is 13.9. The summed E-state index contributed by atoms with van der Waals surface area (Å²) in [6, 6.07) is 11.4. The minimum atomic E-state index is 0.231. The summed E-state index contributed by atoms with van der Waals surface area (Å²) in [7, 11) is 5.59. The maximum Gasteiger partial charge on any atom is 0.170 e. The Labute approximate surface area is 136 Å². The van der Waals surface area contributed by atoms with Crippen LogP contribution in [-0.2, 0) is 11.4 Å². The molecule has 6 heteroatoms. The molecule has 0 saturated carbocycles. The molecule has 122 valence electrons. The first-order chi connectivity index (χ1) is 11.0. The van der Waals surface area contributed by atoms with Gasteiger partial charge < -0.3 is 20.2 Å². The highest BCUT2D eigenvalue weighted by atomic mass is 16.6. The molecule has 2 aromatic rings. The van der Waals surface area contributed by atoms with Crippen LogP contribution in [0.15, 0.2) is 41.6 Å². The fraction of sp³-hybridized carbons (Fsp3) is 0.294. The highest BCUT2D eigenvalue weighted by Gasteiger charge is 2.03. The van der Waals surface area contributed by atoms with Crippen molar-refractivity contribution in [3.8, 4) is 5.75 Å². The number of nitrogens with two attached hydrogens (primary N) is 1. The number of hydrogen-bond donors (Lipinski definition) is 1. The van der Waals surface area contributed by atoms with E-state index in [0.717, 1.165) is 28.4 Å². The summed E-state index contributed by atoms with van der Waals surface area (Å²) in [6.07, 6.45) is 0. The summed E-state index contributed by atoms with van der Waals surface area (Å²) in [6.45, 7) is 2.13. The largest absolute Gasteiger partial charge is 0.497 e. The third-order valence-electron chi connectivity index (χ3n) is 3.27. The molecule has 0 spiro atoms. The molecule has 0 amide bonds. The lowest BCUT2D eigenvalue weighted by Crippen LogP contribution is -2.15. The van der Waals surface area contributed by atoms with E-state index in [1.54, 1.807) is 7.11 Å². The second kappa shape index (κ2) is 7.49. The van der Waals surface area contributed by atoms with Crippen LogP contribution in [0.3, 0.4) is 0 Å². The molecule has 0 saturated heterocycles. The normalized spacial score (nSPS) is 11.2. The van der Waals surface area contributed by atoms with E-state index in [2.05, 4.69) is 10.1 Å². The molecular formula is C17H22N4O2. The lowest BCUT2D eigenvalue weighted by molar-refractivity contribution is 0.127. The van der Waals surface area contributed by atoms with Gasteiger partial charge in [0.25, 0.3) is 0 Å². The van der Waals surface area contributed by atoms with Crippen molar-refractivity contribution in [1.29, 1.82) is 0 Å². The van der Waals surface area contributed by atoms with Crippen LogP contribution < -0.4 is 15.4 Å². The first kappa shape index (κ1) is 16.6. The third-order valence-corrected chi connectivity index (χ3v) is 3.27. The molecule has 23 heavy (non-hydrogen) atoms. The van der Waals surface area contributed by atoms with E-state index in [4.69, 9.17) is 15.3 Å². The van der Waals surface area contributed by atoms with Crippen LogP contribution in [0.25, 0.3) is 0 Å². The number of rotatable bonds is 6. The van der Waals surface area contributed by atoms with Crippen molar-refractivity contribution in [2.24, 2.45) is 10.9 Å². The molecule has 2 rings (SSSR count). The quantitative estimate of drug-likeness (QED) is 0.503. The number of nitrogens with zero attached hydrogens (tertiary/aromatic N) is 3. The molecule has 6 nitrogen and oxygen atoms in total. The minimum absolute atomic E-state index is 0.231. The molecule has 1 aromatic heterocycles. The molecule has 2 N–H and O–H groups in total. The van der Waals surface area contributed by atoms with E-state index in [1.807, 2.05) is 62.3 Å². The van der Waals surface area contributed by atoms with Crippen molar-refractivity contribution in [2.45, 2.75) is 13.5 Å². The van der Waals surface area contributed by atoms with Crippen molar-refractivity contribution in [3.05, 3.63) is 53.3 Å². The van der Waals surface area contributed by atoms with Crippen LogP contribution in [0.2, 0.25) is 0 Å². The van der Waals surface area contributed by atoms with Gasteiger partial charge in [0.2, 0.25) is 0 Å². The van der Waals surface area contributed by atoms with Gasteiger partial charge in [-0.1, -0.05) is 5.16 Å². The number of ether oxygens (including phenoxy) is 1. The highest BCUT2D eigenvalue weighted by molar-refractivity contribution is 5.97. The smallest absolute Gasteiger partial charge is 0.170 e. The van der Waals surface area contributed by atoms with Crippen molar-refractivity contribution < 1.29 is 9.57 Å². The summed E-state index contributed by atoms with van der Waals surface area (Å²) in [5.74, 6) is 1.07. The minimum Gasteiger partial charge on any atom is -0.497 e. The van der Waals surface area contributed by atoms with Gasteiger partial charge in [-0.3, -0.25) is 4.98 Å². The Morgan fingerprint density at radius 1 is 1.22 bits per heavy atom. The predicted molar refractivity (Wildman–Crippen MR) is 91.8 cm³/mol. The molecule has 0 bridgehead atoms. The number of hydrogen-bond acceptors (Lipinski definition) is 5. The zero-order chi connectivity index (χ0) is 16.8. The predicted octanol–water partition coefficient (Wildman–Crippen LogP) is 2.30. The number of anilines is 1. The number of oxime groups is 1. The summed E-state index contributed by atoms with van der Waals surface area (Å²) in [5, 5.41) is 3.95. The Balaban J connectivity index is 2.01. The van der Waals surface area contributed by atoms with Gasteiger partial charge in [-0.2, -0.15) is 0 Å². The summed E-state index contributed by atoms with van der Waals surface area (Å²) >= 11 is 0. The highest BCUT2D eigenvalue weighted by Crippen LogP contribution is 2.14. The Morgan fingerprint density at radius 3 is 2.52 bits per heavy atom. The first-order valence-electron chi connectivity index (χ1n) is 7.24. The molecule has 0 radical (unpaired) electrons. The van der Waals surface area contributed by atoms with Gasteiger partial charge >= 0.3 is 0 Å². The van der Waals surface area contributed by atoms with Crippen LogP contribution >= 0.6 is 0 Å². The van der Waals surface area contributed by atoms with Gasteiger partial charge in [0.05, 0.1) is 12.8 Å². The number of benzene rings is 1. The van der Waals surface area contributed by atoms with Gasteiger partial charge in [0.15, 0.2) is 12.4 Å². The number of aromatic nitrogens is 1. The fourth-order valence-corrected chi connectivity index (χ4v) is 2.05. The van der Waals surface area contributed by atoms with Gasteiger partial charge in [-0.25, -0.2) is 0 Å². The van der Waals surface area contributed by atoms with Crippen LogP contribution in [0.5, 0.6) is 5.75 Å². The molecule has 0 aliphatic heterocycles. The number of amidine groups is 1. The topological polar surface area (TPSA) is 73.0 Å². The Bertz CT molecular complexity index is 681. The van der Waals surface area contributed by atoms with Crippen LogP contribution in [0, 0.1) is 6.92 Å². The van der Waals surface area contributed by atoms with Crippen molar-refractivity contribution in [3.63, 3.8) is 0 Å². The van der Waals surface area contributed by atoms with Crippen molar-refractivity contribution in [1.82, 2.24) is 4.98 Å². The van der Waals surface area contributed by atoms with Gasteiger partial charge in [0.1, 0.15) is 5.75 Å². The summed E-state index contributed by atoms with van der Waals surface area (Å²) in [4.78, 5) is 11.7. The average Bonchev–Trinajstić information content (AvgIpc) is 2.54. The molecule has 1 aromatic carbocycles. The Hall–Kier alpha value is -2.76. The van der Waals surface area contributed by atoms with Crippen LogP contribution in [0.4, 0.5) is 5.69 Å². The van der Waals surface area contributed by atoms with E-state index >= 15 is 0 Å². The third kappa shape index (κ3) is 4.60. The van der Waals surface area contributed by atoms with Crippen LogP contribution in [-0.4, -0.2) is 32.0 Å². The lowest BCUT2D eigenvalue weighted by atomic mass is 10.2. The molecule has 0 atom stereocenters. The van der Waals surface area contributed by atoms with Gasteiger partial charge in [-0.05, 0) is 31.2 Å². The van der Waals surface area contributed by atoms with Crippen molar-refractivity contribution in [2.75, 3.05) is 26.1 Å². The standard InChI is InChI=1S/C17H22N4O2/c1-12-9-16(22-4)10-14(19-12)11-23-20-17(18)13-5-7-15(8-6-13)21(2)3/h5-10H,11H2,1-4H3,(H2,18,20). The van der Waals surface area contributed by atoms with Crippen LogP contribution in [0.1, 0.15) is 17.0 Å². The molecule has 0 aliphatic rings. The Morgan fingerprint density at radius 2 is 1.91 bits per heavy atom. The van der Waals surface area contributed by atoms with Gasteiger partial charge in [-0.15, -0.1) is 0 Å². The zero-order valence-electron chi connectivity index (χ0n) is 13.9. The van der Waals surface area contributed by atoms with E-state index < -0.39 is 0 Å². The molecule has 0 aliphatic carbocycles. The molecule has 1 heterocycles. The van der Waals surface area contributed by atoms with E-state index in [-0.39, 0.29) is 6.61 Å². The first-order valence-corrected chi connectivity index (χ1v) is 7.24. The van der Waals surface area contributed by atoms with Gasteiger partial charge in [0, 0.05) is 43.2 Å².